The molecule has 3 aliphatic heterocycles. The topological polar surface area (TPSA) is 124 Å². The van der Waals surface area contributed by atoms with Crippen molar-refractivity contribution in [3.8, 4) is 5.69 Å². The van der Waals surface area contributed by atoms with Crippen molar-refractivity contribution in [1.29, 1.82) is 0 Å². The maximum atomic E-state index is 12.8. The Labute approximate surface area is 323 Å². The van der Waals surface area contributed by atoms with Gasteiger partial charge in [-0.15, -0.1) is 0 Å². The Balaban J connectivity index is 0.00000157. The number of rotatable bonds is 14. The van der Waals surface area contributed by atoms with Gasteiger partial charge in [-0.2, -0.15) is 5.10 Å². The molecule has 0 radical (unpaired) electrons. The van der Waals surface area contributed by atoms with E-state index in [1.165, 1.54) is 5.56 Å². The van der Waals surface area contributed by atoms with Gasteiger partial charge in [0.2, 0.25) is 5.91 Å². The number of carboxylic acid groups (broad SMARTS) is 1. The number of nitrogens with zero attached hydrogens (tertiary/aromatic N) is 6. The number of carboxylic acids is 1. The van der Waals surface area contributed by atoms with Gasteiger partial charge in [0.05, 0.1) is 17.8 Å². The van der Waals surface area contributed by atoms with Crippen LogP contribution in [-0.4, -0.2) is 99.7 Å². The number of aromatic nitrogens is 3. The highest BCUT2D eigenvalue weighted by atomic mass is 16.4. The number of hydrogen-bond acceptors (Lipinski definition) is 8. The average molecular weight is 744 g/mol. The van der Waals surface area contributed by atoms with E-state index < -0.39 is 5.97 Å². The van der Waals surface area contributed by atoms with Crippen molar-refractivity contribution in [3.05, 3.63) is 64.6 Å². The number of Topliss-reactive ketones (excluding diaryl/α,β-unsaturated/α-hetero) is 1. The van der Waals surface area contributed by atoms with E-state index in [0.717, 1.165) is 91.6 Å². The van der Waals surface area contributed by atoms with Crippen LogP contribution in [0.2, 0.25) is 0 Å². The van der Waals surface area contributed by atoms with E-state index in [9.17, 15) is 19.5 Å². The highest BCUT2D eigenvalue weighted by Gasteiger charge is 2.28. The monoisotopic (exact) mass is 744 g/mol. The molecule has 3 aromatic rings. The summed E-state index contributed by atoms with van der Waals surface area (Å²) < 4.78 is 1.95. The Morgan fingerprint density at radius 1 is 0.944 bits per heavy atom. The number of piperazine rings is 1. The van der Waals surface area contributed by atoms with Gasteiger partial charge in [-0.25, -0.2) is 9.67 Å². The largest absolute Gasteiger partial charge is 0.481 e. The molecular formula is C43H65N7O4. The van der Waals surface area contributed by atoms with Gasteiger partial charge < -0.3 is 29.9 Å². The van der Waals surface area contributed by atoms with E-state index in [-0.39, 0.29) is 24.0 Å². The number of anilines is 2. The lowest BCUT2D eigenvalue weighted by molar-refractivity contribution is -0.137. The molecule has 5 heterocycles. The van der Waals surface area contributed by atoms with Gasteiger partial charge in [0, 0.05) is 81.6 Å². The molecule has 2 atom stereocenters. The first kappa shape index (κ1) is 42.5. The molecule has 2 saturated heterocycles. The Morgan fingerprint density at radius 2 is 1.69 bits per heavy atom. The maximum absolute atomic E-state index is 12.8. The summed E-state index contributed by atoms with van der Waals surface area (Å²) in [5, 5.41) is 18.3. The Hall–Kier alpha value is -4.25. The quantitative estimate of drug-likeness (QED) is 0.176. The van der Waals surface area contributed by atoms with E-state index >= 15 is 0 Å². The number of nitrogens with one attached hydrogen (secondary N) is 1. The number of pyridine rings is 1. The number of carbonyl (C=O) groups excluding carboxylic acids is 2. The zero-order valence-electron chi connectivity index (χ0n) is 34.0. The summed E-state index contributed by atoms with van der Waals surface area (Å²) in [5.41, 5.74) is 7.36. The number of hydrogen-bond donors (Lipinski definition) is 2. The fourth-order valence-electron chi connectivity index (χ4n) is 7.89. The second-order valence-electron chi connectivity index (χ2n) is 14.6. The van der Waals surface area contributed by atoms with Crippen molar-refractivity contribution in [2.75, 3.05) is 62.6 Å². The molecule has 11 nitrogen and oxygen atoms in total. The Bertz CT molecular complexity index is 1680. The molecule has 0 saturated carbocycles. The molecule has 2 aromatic heterocycles. The van der Waals surface area contributed by atoms with E-state index in [2.05, 4.69) is 51.5 Å². The molecule has 2 N–H and O–H groups in total. The number of ketones is 1. The molecule has 6 rings (SSSR count). The van der Waals surface area contributed by atoms with Crippen LogP contribution in [0.3, 0.4) is 0 Å². The minimum atomic E-state index is -0.798. The van der Waals surface area contributed by atoms with Gasteiger partial charge in [0.1, 0.15) is 11.6 Å². The first-order chi connectivity index (χ1) is 26.1. The van der Waals surface area contributed by atoms with Gasteiger partial charge >= 0.3 is 5.97 Å². The number of amides is 1. The van der Waals surface area contributed by atoms with Crippen LogP contribution in [0.15, 0.2) is 36.4 Å². The zero-order chi connectivity index (χ0) is 39.2. The SMILES string of the molecule is CC.CC.CC(=O)CCCC(=O)N1CCN(c2cc(C(CC(=O)O)CN3CCC(CCc4ccc5c(n4)NCCC5)C3)cc(-n3nc(C)cc3C)c2)CC1. The van der Waals surface area contributed by atoms with Crippen LogP contribution < -0.4 is 10.2 Å². The maximum Gasteiger partial charge on any atom is 0.304 e. The molecule has 54 heavy (non-hydrogen) atoms. The lowest BCUT2D eigenvalue weighted by atomic mass is 9.93. The molecule has 1 aromatic carbocycles. The highest BCUT2D eigenvalue weighted by molar-refractivity contribution is 5.79. The van der Waals surface area contributed by atoms with Crippen LogP contribution in [0.4, 0.5) is 11.5 Å². The van der Waals surface area contributed by atoms with E-state index in [4.69, 9.17) is 10.1 Å². The summed E-state index contributed by atoms with van der Waals surface area (Å²) in [5.74, 6) is 0.848. The molecule has 2 fully saturated rings. The smallest absolute Gasteiger partial charge is 0.304 e. The van der Waals surface area contributed by atoms with Crippen molar-refractivity contribution < 1.29 is 19.5 Å². The molecule has 1 amide bonds. The first-order valence-corrected chi connectivity index (χ1v) is 20.5. The van der Waals surface area contributed by atoms with Crippen LogP contribution in [0.1, 0.15) is 114 Å². The van der Waals surface area contributed by atoms with Gasteiger partial charge in [0.25, 0.3) is 0 Å². The Kier molecular flexibility index (Phi) is 16.5. The molecule has 2 unspecified atom stereocenters. The summed E-state index contributed by atoms with van der Waals surface area (Å²) in [7, 11) is 0. The predicted molar refractivity (Wildman–Crippen MR) is 218 cm³/mol. The minimum Gasteiger partial charge on any atom is -0.481 e. The molecule has 11 heteroatoms. The number of aryl methyl sites for hydroxylation is 4. The van der Waals surface area contributed by atoms with Crippen LogP contribution in [0.5, 0.6) is 0 Å². The third-order valence-corrected chi connectivity index (χ3v) is 10.6. The number of carbonyl (C=O) groups is 3. The molecule has 0 bridgehead atoms. The van der Waals surface area contributed by atoms with Crippen molar-refractivity contribution >= 4 is 29.2 Å². The van der Waals surface area contributed by atoms with Crippen LogP contribution in [-0.2, 0) is 27.2 Å². The number of likely N-dealkylation sites (tertiary alicyclic amines) is 1. The first-order valence-electron chi connectivity index (χ1n) is 20.5. The van der Waals surface area contributed by atoms with Crippen molar-refractivity contribution in [2.45, 2.75) is 112 Å². The van der Waals surface area contributed by atoms with E-state index in [1.54, 1.807) is 6.92 Å². The van der Waals surface area contributed by atoms with E-state index in [0.29, 0.717) is 57.9 Å². The summed E-state index contributed by atoms with van der Waals surface area (Å²) in [6.45, 7) is 19.8. The van der Waals surface area contributed by atoms with Gasteiger partial charge in [0.15, 0.2) is 0 Å². The van der Waals surface area contributed by atoms with Crippen LogP contribution in [0, 0.1) is 19.8 Å². The molecule has 0 spiro atoms. The molecule has 0 aliphatic carbocycles. The predicted octanol–water partition coefficient (Wildman–Crippen LogP) is 7.22. The van der Waals surface area contributed by atoms with Crippen molar-refractivity contribution in [3.63, 3.8) is 0 Å². The van der Waals surface area contributed by atoms with Crippen LogP contribution >= 0.6 is 0 Å². The molecular weight excluding hydrogens is 679 g/mol. The van der Waals surface area contributed by atoms with Gasteiger partial charge in [-0.3, -0.25) is 9.59 Å². The normalized spacial score (nSPS) is 17.4. The zero-order valence-corrected chi connectivity index (χ0v) is 34.0. The second kappa shape index (κ2) is 21.0. The van der Waals surface area contributed by atoms with Gasteiger partial charge in [-0.1, -0.05) is 33.8 Å². The van der Waals surface area contributed by atoms with Crippen molar-refractivity contribution in [2.24, 2.45) is 5.92 Å². The third kappa shape index (κ3) is 11.9. The fraction of sp³-hybridized carbons (Fsp3) is 0.605. The van der Waals surface area contributed by atoms with E-state index in [1.807, 2.05) is 51.1 Å². The number of fused-ring (bicyclic) bond motifs is 1. The average Bonchev–Trinajstić information content (AvgIpc) is 3.78. The lowest BCUT2D eigenvalue weighted by Gasteiger charge is -2.37. The second-order valence-corrected chi connectivity index (χ2v) is 14.6. The van der Waals surface area contributed by atoms with Crippen molar-refractivity contribution in [1.82, 2.24) is 24.6 Å². The third-order valence-electron chi connectivity index (χ3n) is 10.6. The number of aliphatic carboxylic acids is 1. The van der Waals surface area contributed by atoms with Crippen LogP contribution in [0.25, 0.3) is 5.69 Å². The fourth-order valence-corrected chi connectivity index (χ4v) is 7.89. The summed E-state index contributed by atoms with van der Waals surface area (Å²) in [6, 6.07) is 12.9. The highest BCUT2D eigenvalue weighted by Crippen LogP contribution is 2.32. The summed E-state index contributed by atoms with van der Waals surface area (Å²) in [6.07, 6.45) is 6.88. The Morgan fingerprint density at radius 3 is 2.37 bits per heavy atom. The number of benzene rings is 1. The summed E-state index contributed by atoms with van der Waals surface area (Å²) >= 11 is 0. The summed E-state index contributed by atoms with van der Waals surface area (Å²) in [4.78, 5) is 48.0. The van der Waals surface area contributed by atoms with Gasteiger partial charge in [-0.05, 0) is 113 Å². The molecule has 3 aliphatic rings. The molecule has 296 valence electrons. The minimum absolute atomic E-state index is 0.0514. The lowest BCUT2D eigenvalue weighted by Crippen LogP contribution is -2.48. The standard InChI is InChI=1S/C39H53N7O4.2C2H6/c1-27-20-28(2)46(42-27)36-22-32(21-35(24-36)44-16-18-45(19-17-44)37(48)8-4-6-29(3)47)33(23-38(49)50)26-43-15-13-30(25-43)9-11-34-12-10-31-7-5-14-40-39(31)41-34;2*1-2/h10,12,20-22,24,30,33H,4-9,11,13-19,23,25-26H2,1-3H3,(H,40,41)(H,49,50);2*1-2H3.